The average molecular weight is 491 g/mol. The number of benzene rings is 2. The van der Waals surface area contributed by atoms with E-state index in [9.17, 15) is 14.4 Å². The first-order valence-electron chi connectivity index (χ1n) is 12.8. The van der Waals surface area contributed by atoms with Crippen LogP contribution in [0.2, 0.25) is 0 Å². The van der Waals surface area contributed by atoms with E-state index < -0.39 is 11.9 Å². The van der Waals surface area contributed by atoms with E-state index in [4.69, 9.17) is 4.74 Å². The fourth-order valence-corrected chi connectivity index (χ4v) is 5.41. The number of carbonyl (C=O) groups excluding carboxylic acids is 3. The normalized spacial score (nSPS) is 24.7. The largest absolute Gasteiger partial charge is 0.487 e. The van der Waals surface area contributed by atoms with Gasteiger partial charge in [0.15, 0.2) is 0 Å². The summed E-state index contributed by atoms with van der Waals surface area (Å²) in [5.74, 6) is -0.118. The number of carbonyl (C=O) groups is 3. The van der Waals surface area contributed by atoms with Gasteiger partial charge in [0.1, 0.15) is 17.9 Å². The minimum Gasteiger partial charge on any atom is -0.487 e. The van der Waals surface area contributed by atoms with Gasteiger partial charge in [-0.15, -0.1) is 0 Å². The number of nitrogens with one attached hydrogen (secondary N) is 2. The molecule has 0 saturated carbocycles. The number of hydrogen-bond acceptors (Lipinski definition) is 6. The molecule has 0 aliphatic carbocycles. The topological polar surface area (TPSA) is 91.0 Å². The van der Waals surface area contributed by atoms with Gasteiger partial charge in [-0.1, -0.05) is 30.3 Å². The van der Waals surface area contributed by atoms with E-state index in [1.165, 1.54) is 5.56 Å². The van der Waals surface area contributed by atoms with Crippen molar-refractivity contribution in [3.63, 3.8) is 0 Å². The van der Waals surface area contributed by atoms with E-state index in [1.54, 1.807) is 11.0 Å². The zero-order valence-electron chi connectivity index (χ0n) is 20.9. The maximum atomic E-state index is 13.0. The molecule has 0 bridgehead atoms. The molecule has 3 amide bonds. The number of imide groups is 1. The monoisotopic (exact) mass is 490 g/mol. The fraction of sp³-hybridized carbons (Fsp3) is 0.464. The predicted molar refractivity (Wildman–Crippen MR) is 135 cm³/mol. The molecule has 3 unspecified atom stereocenters. The van der Waals surface area contributed by atoms with E-state index in [2.05, 4.69) is 53.6 Å². The van der Waals surface area contributed by atoms with Gasteiger partial charge < -0.3 is 15.0 Å². The van der Waals surface area contributed by atoms with Crippen molar-refractivity contribution in [1.82, 2.24) is 20.4 Å². The maximum Gasteiger partial charge on any atom is 0.255 e. The first-order chi connectivity index (χ1) is 17.4. The van der Waals surface area contributed by atoms with Crippen LogP contribution in [0.25, 0.3) is 0 Å². The molecule has 2 saturated heterocycles. The lowest BCUT2D eigenvalue weighted by molar-refractivity contribution is -0.136. The highest BCUT2D eigenvalue weighted by Gasteiger charge is 2.39. The number of rotatable bonds is 7. The summed E-state index contributed by atoms with van der Waals surface area (Å²) >= 11 is 0. The molecule has 5 rings (SSSR count). The summed E-state index contributed by atoms with van der Waals surface area (Å²) in [7, 11) is 0. The number of ether oxygens (including phenoxy) is 1. The Morgan fingerprint density at radius 1 is 1.08 bits per heavy atom. The summed E-state index contributed by atoms with van der Waals surface area (Å²) in [6.45, 7) is 7.38. The van der Waals surface area contributed by atoms with Gasteiger partial charge in [-0.3, -0.25) is 24.6 Å². The summed E-state index contributed by atoms with van der Waals surface area (Å²) in [5.41, 5.74) is 2.69. The first kappa shape index (κ1) is 24.5. The molecular formula is C28H34N4O4. The average Bonchev–Trinajstić information content (AvgIpc) is 3.19. The number of fused-ring (bicyclic) bond motifs is 1. The highest BCUT2D eigenvalue weighted by Crippen LogP contribution is 2.31. The summed E-state index contributed by atoms with van der Waals surface area (Å²) in [4.78, 5) is 40.9. The smallest absolute Gasteiger partial charge is 0.255 e. The van der Waals surface area contributed by atoms with Crippen LogP contribution in [-0.4, -0.2) is 64.8 Å². The molecule has 3 atom stereocenters. The maximum absolute atomic E-state index is 13.0. The third-order valence-electron chi connectivity index (χ3n) is 7.51. The third kappa shape index (κ3) is 5.15. The van der Waals surface area contributed by atoms with Crippen LogP contribution < -0.4 is 15.4 Å². The standard InChI is InChI=1S/C28H34N4O4/c1-18(2)31-13-12-23(29-15-19-6-4-3-5-7-19)25(17-31)36-21-8-9-22-20(14-21)16-32(28(22)35)24-10-11-26(33)30-27(24)34/h3-9,14,18,23-25,29H,10-13,15-17H2,1-2H3,(H,30,33,34). The summed E-state index contributed by atoms with van der Waals surface area (Å²) < 4.78 is 6.56. The van der Waals surface area contributed by atoms with Gasteiger partial charge in [0, 0.05) is 50.2 Å². The SMILES string of the molecule is CC(C)N1CCC(NCc2ccccc2)C(Oc2ccc3c(c2)CN(C2CCC(=O)NC2=O)C3=O)C1. The van der Waals surface area contributed by atoms with Crippen LogP contribution in [0, 0.1) is 0 Å². The van der Waals surface area contributed by atoms with E-state index in [0.717, 1.165) is 37.4 Å². The molecule has 2 fully saturated rings. The molecule has 0 aromatic heterocycles. The Balaban J connectivity index is 1.29. The van der Waals surface area contributed by atoms with Crippen molar-refractivity contribution in [1.29, 1.82) is 0 Å². The molecule has 2 N–H and O–H groups in total. The van der Waals surface area contributed by atoms with Crippen LogP contribution in [0.5, 0.6) is 5.75 Å². The highest BCUT2D eigenvalue weighted by molar-refractivity contribution is 6.05. The fourth-order valence-electron chi connectivity index (χ4n) is 5.41. The molecule has 3 heterocycles. The van der Waals surface area contributed by atoms with Crippen molar-refractivity contribution >= 4 is 17.7 Å². The Kier molecular flexibility index (Phi) is 7.07. The minimum atomic E-state index is -0.614. The molecule has 190 valence electrons. The summed E-state index contributed by atoms with van der Waals surface area (Å²) in [5, 5.41) is 6.05. The molecule has 2 aromatic rings. The quantitative estimate of drug-likeness (QED) is 0.580. The molecule has 2 aromatic carbocycles. The molecule has 3 aliphatic heterocycles. The van der Waals surface area contributed by atoms with Crippen molar-refractivity contribution in [3.8, 4) is 5.75 Å². The van der Waals surface area contributed by atoms with Gasteiger partial charge in [0.05, 0.1) is 0 Å². The molecule has 36 heavy (non-hydrogen) atoms. The second-order valence-corrected chi connectivity index (χ2v) is 10.2. The Morgan fingerprint density at radius 2 is 1.89 bits per heavy atom. The lowest BCUT2D eigenvalue weighted by atomic mass is 9.99. The molecule has 0 spiro atoms. The van der Waals surface area contributed by atoms with Gasteiger partial charge in [-0.2, -0.15) is 0 Å². The summed E-state index contributed by atoms with van der Waals surface area (Å²) in [6, 6.07) is 16.0. The van der Waals surface area contributed by atoms with Gasteiger partial charge in [0.25, 0.3) is 5.91 Å². The van der Waals surface area contributed by atoms with Crippen molar-refractivity contribution in [2.45, 2.75) is 70.4 Å². The number of likely N-dealkylation sites (tertiary alicyclic amines) is 1. The Labute approximate surface area is 212 Å². The number of hydrogen-bond donors (Lipinski definition) is 2. The third-order valence-corrected chi connectivity index (χ3v) is 7.51. The van der Waals surface area contributed by atoms with Crippen LogP contribution in [-0.2, 0) is 22.7 Å². The highest BCUT2D eigenvalue weighted by atomic mass is 16.5. The van der Waals surface area contributed by atoms with Gasteiger partial charge in [0.2, 0.25) is 11.8 Å². The van der Waals surface area contributed by atoms with E-state index in [-0.39, 0.29) is 30.4 Å². The molecule has 8 heteroatoms. The van der Waals surface area contributed by atoms with Gasteiger partial charge in [-0.05, 0) is 56.0 Å². The van der Waals surface area contributed by atoms with Crippen LogP contribution in [0.3, 0.4) is 0 Å². The zero-order chi connectivity index (χ0) is 25.2. The molecule has 3 aliphatic rings. The Morgan fingerprint density at radius 3 is 2.64 bits per heavy atom. The van der Waals surface area contributed by atoms with E-state index in [0.29, 0.717) is 24.6 Å². The Bertz CT molecular complexity index is 1140. The molecule has 8 nitrogen and oxygen atoms in total. The van der Waals surface area contributed by atoms with Crippen LogP contribution in [0.4, 0.5) is 0 Å². The second kappa shape index (κ2) is 10.4. The number of piperidine rings is 2. The summed E-state index contributed by atoms with van der Waals surface area (Å²) in [6.07, 6.45) is 1.56. The zero-order valence-corrected chi connectivity index (χ0v) is 20.9. The first-order valence-corrected chi connectivity index (χ1v) is 12.8. The molecule has 0 radical (unpaired) electrons. The number of nitrogens with zero attached hydrogens (tertiary/aromatic N) is 2. The predicted octanol–water partition coefficient (Wildman–Crippen LogP) is 2.47. The van der Waals surface area contributed by atoms with Crippen molar-refractivity contribution in [2.75, 3.05) is 13.1 Å². The van der Waals surface area contributed by atoms with Gasteiger partial charge in [-0.25, -0.2) is 0 Å². The van der Waals surface area contributed by atoms with Crippen LogP contribution in [0.15, 0.2) is 48.5 Å². The lowest BCUT2D eigenvalue weighted by Gasteiger charge is -2.40. The van der Waals surface area contributed by atoms with Crippen LogP contribution >= 0.6 is 0 Å². The van der Waals surface area contributed by atoms with Crippen molar-refractivity contribution < 1.29 is 19.1 Å². The second-order valence-electron chi connectivity index (χ2n) is 10.2. The van der Waals surface area contributed by atoms with E-state index >= 15 is 0 Å². The minimum absolute atomic E-state index is 0.0359. The Hall–Kier alpha value is -3.23. The van der Waals surface area contributed by atoms with Gasteiger partial charge >= 0.3 is 0 Å². The number of amides is 3. The lowest BCUT2D eigenvalue weighted by Crippen LogP contribution is -2.56. The van der Waals surface area contributed by atoms with Crippen molar-refractivity contribution in [2.24, 2.45) is 0 Å². The molecular weight excluding hydrogens is 456 g/mol. The van der Waals surface area contributed by atoms with Crippen molar-refractivity contribution in [3.05, 3.63) is 65.2 Å². The van der Waals surface area contributed by atoms with Crippen LogP contribution in [0.1, 0.15) is 54.6 Å². The van der Waals surface area contributed by atoms with E-state index in [1.807, 2.05) is 18.2 Å².